The van der Waals surface area contributed by atoms with E-state index in [-0.39, 0.29) is 11.5 Å². The molecule has 19 heavy (non-hydrogen) atoms. The Bertz CT molecular complexity index is 678. The molecule has 1 unspecified atom stereocenters. The molecule has 6 N–H and O–H groups in total. The summed E-state index contributed by atoms with van der Waals surface area (Å²) in [7, 11) is 0. The second kappa shape index (κ2) is 4.25. The van der Waals surface area contributed by atoms with Gasteiger partial charge in [0.2, 0.25) is 5.95 Å². The third-order valence-electron chi connectivity index (χ3n) is 3.12. The van der Waals surface area contributed by atoms with Gasteiger partial charge in [0.1, 0.15) is 5.69 Å². The summed E-state index contributed by atoms with van der Waals surface area (Å²) in [5, 5.41) is 7.06. The van der Waals surface area contributed by atoms with E-state index in [2.05, 4.69) is 26.0 Å². The van der Waals surface area contributed by atoms with E-state index in [0.29, 0.717) is 18.1 Å². The van der Waals surface area contributed by atoms with Crippen molar-refractivity contribution in [1.82, 2.24) is 9.97 Å². The summed E-state index contributed by atoms with van der Waals surface area (Å²) in [6.07, 6.45) is -0.482. The molecule has 3 heterocycles. The molecule has 0 bridgehead atoms. The van der Waals surface area contributed by atoms with Gasteiger partial charge in [0.25, 0.3) is 5.56 Å². The van der Waals surface area contributed by atoms with Crippen molar-refractivity contribution >= 4 is 28.8 Å². The second-order valence-corrected chi connectivity index (χ2v) is 5.19. The zero-order valence-corrected chi connectivity index (χ0v) is 11.1. The molecule has 0 radical (unpaired) electrons. The SMILES string of the molecule is Cc1cscc1CN1c2nc(N)[nH]c(=O)c2NC1N. The van der Waals surface area contributed by atoms with Crippen LogP contribution in [0.3, 0.4) is 0 Å². The number of hydrogen-bond donors (Lipinski definition) is 4. The smallest absolute Gasteiger partial charge is 0.277 e. The summed E-state index contributed by atoms with van der Waals surface area (Å²) in [5.74, 6) is 0.589. The summed E-state index contributed by atoms with van der Waals surface area (Å²) in [4.78, 5) is 20.2. The van der Waals surface area contributed by atoms with Crippen LogP contribution in [0.25, 0.3) is 0 Å². The molecule has 1 atom stereocenters. The summed E-state index contributed by atoms with van der Waals surface area (Å²) in [6.45, 7) is 2.63. The first-order valence-electron chi connectivity index (χ1n) is 5.76. The van der Waals surface area contributed by atoms with Crippen molar-refractivity contribution in [1.29, 1.82) is 0 Å². The Morgan fingerprint density at radius 1 is 1.53 bits per heavy atom. The fraction of sp³-hybridized carbons (Fsp3) is 0.273. The molecule has 0 fully saturated rings. The maximum Gasteiger partial charge on any atom is 0.277 e. The Morgan fingerprint density at radius 2 is 2.32 bits per heavy atom. The Balaban J connectivity index is 2.01. The molecular weight excluding hydrogens is 264 g/mol. The number of fused-ring (bicyclic) bond motifs is 1. The molecule has 0 spiro atoms. The van der Waals surface area contributed by atoms with Crippen LogP contribution in [-0.2, 0) is 6.54 Å². The Labute approximate surface area is 113 Å². The molecule has 3 rings (SSSR count). The lowest BCUT2D eigenvalue weighted by molar-refractivity contribution is 0.690. The molecule has 0 saturated heterocycles. The normalized spacial score (nSPS) is 17.4. The van der Waals surface area contributed by atoms with E-state index in [4.69, 9.17) is 11.5 Å². The first-order chi connectivity index (χ1) is 9.06. The lowest BCUT2D eigenvalue weighted by Crippen LogP contribution is -2.43. The topological polar surface area (TPSA) is 113 Å². The number of aryl methyl sites for hydroxylation is 1. The number of hydrogen-bond acceptors (Lipinski definition) is 7. The number of thiophene rings is 1. The van der Waals surface area contributed by atoms with Gasteiger partial charge < -0.3 is 16.0 Å². The number of aromatic nitrogens is 2. The number of H-pyrrole nitrogens is 1. The van der Waals surface area contributed by atoms with Crippen molar-refractivity contribution in [3.05, 3.63) is 32.2 Å². The standard InChI is InChI=1S/C11H14N6OS/c1-5-3-19-4-6(5)2-17-8-7(14-11(17)13)9(18)16-10(12)15-8/h3-4,11,14H,2,13H2,1H3,(H3,12,15,16,18). The van der Waals surface area contributed by atoms with Gasteiger partial charge in [-0.2, -0.15) is 16.3 Å². The van der Waals surface area contributed by atoms with Crippen LogP contribution in [0.15, 0.2) is 15.6 Å². The third-order valence-corrected chi connectivity index (χ3v) is 4.03. The van der Waals surface area contributed by atoms with Gasteiger partial charge in [0, 0.05) is 6.54 Å². The van der Waals surface area contributed by atoms with E-state index in [0.717, 1.165) is 5.56 Å². The summed E-state index contributed by atoms with van der Waals surface area (Å²) >= 11 is 1.64. The minimum atomic E-state index is -0.482. The van der Waals surface area contributed by atoms with Crippen LogP contribution in [0.5, 0.6) is 0 Å². The highest BCUT2D eigenvalue weighted by molar-refractivity contribution is 7.08. The minimum absolute atomic E-state index is 0.0895. The van der Waals surface area contributed by atoms with E-state index in [1.165, 1.54) is 5.56 Å². The van der Waals surface area contributed by atoms with Gasteiger partial charge in [-0.15, -0.1) is 0 Å². The second-order valence-electron chi connectivity index (χ2n) is 4.45. The number of rotatable bonds is 2. The van der Waals surface area contributed by atoms with Gasteiger partial charge in [-0.1, -0.05) is 0 Å². The van der Waals surface area contributed by atoms with Crippen LogP contribution >= 0.6 is 11.3 Å². The zero-order valence-electron chi connectivity index (χ0n) is 10.3. The highest BCUT2D eigenvalue weighted by atomic mass is 32.1. The van der Waals surface area contributed by atoms with Crippen LogP contribution in [0, 0.1) is 6.92 Å². The van der Waals surface area contributed by atoms with Crippen LogP contribution < -0.4 is 27.2 Å². The molecule has 1 aliphatic heterocycles. The molecule has 1 aliphatic rings. The summed E-state index contributed by atoms with van der Waals surface area (Å²) in [5.41, 5.74) is 14.0. The van der Waals surface area contributed by atoms with Gasteiger partial charge >= 0.3 is 0 Å². The number of nitrogens with zero attached hydrogens (tertiary/aromatic N) is 2. The van der Waals surface area contributed by atoms with Crippen molar-refractivity contribution in [2.45, 2.75) is 19.8 Å². The highest BCUT2D eigenvalue weighted by Gasteiger charge is 2.30. The van der Waals surface area contributed by atoms with E-state index in [1.807, 2.05) is 11.8 Å². The predicted octanol–water partition coefficient (Wildman–Crippen LogP) is 0.396. The first kappa shape index (κ1) is 12.0. The van der Waals surface area contributed by atoms with E-state index >= 15 is 0 Å². The molecule has 0 amide bonds. The van der Waals surface area contributed by atoms with Crippen LogP contribution in [0.1, 0.15) is 11.1 Å². The molecule has 0 aromatic carbocycles. The van der Waals surface area contributed by atoms with Crippen molar-refractivity contribution in [3.8, 4) is 0 Å². The quantitative estimate of drug-likeness (QED) is 0.632. The first-order valence-corrected chi connectivity index (χ1v) is 6.71. The van der Waals surface area contributed by atoms with Crippen molar-refractivity contribution in [2.24, 2.45) is 5.73 Å². The summed E-state index contributed by atoms with van der Waals surface area (Å²) in [6, 6.07) is 0. The molecule has 0 saturated carbocycles. The molecule has 7 nitrogen and oxygen atoms in total. The maximum atomic E-state index is 11.8. The Hall–Kier alpha value is -2.06. The van der Waals surface area contributed by atoms with Gasteiger partial charge in [-0.25, -0.2) is 0 Å². The van der Waals surface area contributed by atoms with Crippen LogP contribution in [0.2, 0.25) is 0 Å². The molecular formula is C11H14N6OS. The Morgan fingerprint density at radius 3 is 3.00 bits per heavy atom. The zero-order chi connectivity index (χ0) is 13.6. The molecule has 0 aliphatic carbocycles. The average molecular weight is 278 g/mol. The van der Waals surface area contributed by atoms with Gasteiger partial charge in [-0.05, 0) is 28.8 Å². The number of anilines is 3. The molecule has 8 heteroatoms. The minimum Gasteiger partial charge on any atom is -0.369 e. The van der Waals surface area contributed by atoms with E-state index < -0.39 is 6.29 Å². The lowest BCUT2D eigenvalue weighted by Gasteiger charge is -2.22. The number of aromatic amines is 1. The number of nitrogens with one attached hydrogen (secondary N) is 2. The predicted molar refractivity (Wildman–Crippen MR) is 76.1 cm³/mol. The molecule has 100 valence electrons. The van der Waals surface area contributed by atoms with Crippen molar-refractivity contribution < 1.29 is 0 Å². The Kier molecular flexibility index (Phi) is 2.68. The highest BCUT2D eigenvalue weighted by Crippen LogP contribution is 2.30. The number of nitrogen functional groups attached to an aromatic ring is 1. The monoisotopic (exact) mass is 278 g/mol. The molecule has 2 aromatic rings. The average Bonchev–Trinajstić information content (AvgIpc) is 2.87. The lowest BCUT2D eigenvalue weighted by atomic mass is 10.2. The third kappa shape index (κ3) is 1.94. The fourth-order valence-corrected chi connectivity index (χ4v) is 2.93. The summed E-state index contributed by atoms with van der Waals surface area (Å²) < 4.78 is 0. The van der Waals surface area contributed by atoms with E-state index in [1.54, 1.807) is 11.3 Å². The van der Waals surface area contributed by atoms with E-state index in [9.17, 15) is 4.79 Å². The van der Waals surface area contributed by atoms with Crippen molar-refractivity contribution in [2.75, 3.05) is 16.0 Å². The maximum absolute atomic E-state index is 11.8. The van der Waals surface area contributed by atoms with Gasteiger partial charge in [0.15, 0.2) is 12.1 Å². The van der Waals surface area contributed by atoms with Crippen LogP contribution in [-0.4, -0.2) is 16.3 Å². The largest absolute Gasteiger partial charge is 0.369 e. The van der Waals surface area contributed by atoms with Crippen molar-refractivity contribution in [3.63, 3.8) is 0 Å². The van der Waals surface area contributed by atoms with Gasteiger partial charge in [-0.3, -0.25) is 15.5 Å². The van der Waals surface area contributed by atoms with Crippen LogP contribution in [0.4, 0.5) is 17.5 Å². The number of nitrogens with two attached hydrogens (primary N) is 2. The molecule has 2 aromatic heterocycles. The fourth-order valence-electron chi connectivity index (χ4n) is 2.08. The van der Waals surface area contributed by atoms with Gasteiger partial charge in [0.05, 0.1) is 0 Å².